The number of unbranched alkanes of at least 4 members (excludes halogenated alkanes) is 21. The summed E-state index contributed by atoms with van der Waals surface area (Å²) in [4.78, 5) is 11.6. The summed E-state index contributed by atoms with van der Waals surface area (Å²) < 4.78 is 0. The Morgan fingerprint density at radius 3 is 1.26 bits per heavy atom. The molecule has 35 heavy (non-hydrogen) atoms. The van der Waals surface area contributed by atoms with Gasteiger partial charge in [0.15, 0.2) is 0 Å². The van der Waals surface area contributed by atoms with Crippen LogP contribution in [-0.2, 0) is 11.2 Å². The molecule has 0 saturated heterocycles. The van der Waals surface area contributed by atoms with Crippen LogP contribution >= 0.6 is 0 Å². The molecule has 0 saturated carbocycles. The van der Waals surface area contributed by atoms with Gasteiger partial charge >= 0.3 is 5.97 Å². The normalized spacial score (nSPS) is 12.1. The fourth-order valence-electron chi connectivity index (χ4n) is 5.21. The first-order valence-electron chi connectivity index (χ1n) is 15.5. The molecule has 0 aliphatic heterocycles. The maximum absolute atomic E-state index is 11.6. The molecule has 0 aliphatic rings. The van der Waals surface area contributed by atoms with Gasteiger partial charge in [0, 0.05) is 0 Å². The van der Waals surface area contributed by atoms with Crippen molar-refractivity contribution in [2.24, 2.45) is 5.92 Å². The molecule has 1 atom stereocenters. The summed E-state index contributed by atoms with van der Waals surface area (Å²) in [5.41, 5.74) is 1.14. The number of benzene rings is 1. The van der Waals surface area contributed by atoms with Gasteiger partial charge in [0.05, 0.1) is 5.92 Å². The average Bonchev–Trinajstić information content (AvgIpc) is 2.87. The predicted molar refractivity (Wildman–Crippen MR) is 153 cm³/mol. The smallest absolute Gasteiger partial charge is 0.306 e. The van der Waals surface area contributed by atoms with E-state index < -0.39 is 5.97 Å². The Morgan fingerprint density at radius 2 is 0.914 bits per heavy atom. The van der Waals surface area contributed by atoms with E-state index in [1.165, 1.54) is 135 Å². The molecule has 1 unspecified atom stereocenters. The van der Waals surface area contributed by atoms with Crippen molar-refractivity contribution in [3.63, 3.8) is 0 Å². The van der Waals surface area contributed by atoms with Crippen molar-refractivity contribution >= 4 is 5.97 Å². The van der Waals surface area contributed by atoms with Gasteiger partial charge in [-0.25, -0.2) is 0 Å². The second-order valence-corrected chi connectivity index (χ2v) is 10.9. The van der Waals surface area contributed by atoms with E-state index in [-0.39, 0.29) is 5.92 Å². The maximum atomic E-state index is 11.6. The summed E-state index contributed by atoms with van der Waals surface area (Å²) in [7, 11) is 0. The third kappa shape index (κ3) is 20.6. The Hall–Kier alpha value is -1.31. The third-order valence-corrected chi connectivity index (χ3v) is 7.58. The highest BCUT2D eigenvalue weighted by Gasteiger charge is 2.17. The van der Waals surface area contributed by atoms with Crippen LogP contribution in [0.3, 0.4) is 0 Å². The maximum Gasteiger partial charge on any atom is 0.306 e. The van der Waals surface area contributed by atoms with Crippen molar-refractivity contribution in [1.29, 1.82) is 0 Å². The zero-order valence-corrected chi connectivity index (χ0v) is 23.3. The van der Waals surface area contributed by atoms with Crippen molar-refractivity contribution in [1.82, 2.24) is 0 Å². The van der Waals surface area contributed by atoms with Crippen LogP contribution in [0.2, 0.25) is 0 Å². The summed E-state index contributed by atoms with van der Waals surface area (Å²) in [5.74, 6) is -0.875. The number of hydrogen-bond donors (Lipinski definition) is 1. The van der Waals surface area contributed by atoms with Gasteiger partial charge in [0.1, 0.15) is 0 Å². The second kappa shape index (κ2) is 24.4. The minimum Gasteiger partial charge on any atom is -0.481 e. The van der Waals surface area contributed by atoms with Crippen LogP contribution in [0.4, 0.5) is 0 Å². The Bertz CT molecular complexity index is 568. The van der Waals surface area contributed by atoms with E-state index in [1.54, 1.807) is 0 Å². The predicted octanol–water partition coefficient (Wildman–Crippen LogP) is 10.9. The van der Waals surface area contributed by atoms with E-state index in [2.05, 4.69) is 6.92 Å². The fraction of sp³-hybridized carbons (Fsp3) is 0.788. The standard InChI is InChI=1S/C33H58O2/c1-2-3-4-5-6-7-8-9-10-11-12-13-14-15-16-17-18-19-20-21-22-26-29-32(33(34)35)30-31-27-24-23-25-28-31/h23-25,27-28,32H,2-22,26,29-30H2,1H3,(H,34,35). The summed E-state index contributed by atoms with van der Waals surface area (Å²) in [6.45, 7) is 2.29. The first kappa shape index (κ1) is 31.7. The second-order valence-electron chi connectivity index (χ2n) is 10.9. The highest BCUT2D eigenvalue weighted by atomic mass is 16.4. The molecule has 202 valence electrons. The first-order chi connectivity index (χ1) is 17.2. The molecule has 0 spiro atoms. The number of carboxylic acid groups (broad SMARTS) is 1. The largest absolute Gasteiger partial charge is 0.481 e. The van der Waals surface area contributed by atoms with Crippen LogP contribution in [-0.4, -0.2) is 11.1 Å². The fourth-order valence-corrected chi connectivity index (χ4v) is 5.21. The van der Waals surface area contributed by atoms with Crippen molar-refractivity contribution in [2.75, 3.05) is 0 Å². The molecule has 0 heterocycles. The van der Waals surface area contributed by atoms with E-state index >= 15 is 0 Å². The van der Waals surface area contributed by atoms with Gasteiger partial charge in [0.25, 0.3) is 0 Å². The summed E-state index contributed by atoms with van der Waals surface area (Å²) in [6, 6.07) is 10.0. The number of carbonyl (C=O) groups is 1. The quantitative estimate of drug-likeness (QED) is 0.132. The molecular formula is C33H58O2. The molecule has 0 fully saturated rings. The molecule has 2 heteroatoms. The molecule has 0 aromatic heterocycles. The van der Waals surface area contributed by atoms with Gasteiger partial charge in [-0.2, -0.15) is 0 Å². The lowest BCUT2D eigenvalue weighted by Crippen LogP contribution is -2.16. The lowest BCUT2D eigenvalue weighted by atomic mass is 9.93. The van der Waals surface area contributed by atoms with Crippen molar-refractivity contribution < 1.29 is 9.90 Å². The van der Waals surface area contributed by atoms with Gasteiger partial charge in [-0.15, -0.1) is 0 Å². The van der Waals surface area contributed by atoms with Gasteiger partial charge in [-0.3, -0.25) is 4.79 Å². The number of hydrogen-bond acceptors (Lipinski definition) is 1. The van der Waals surface area contributed by atoms with Crippen LogP contribution in [0, 0.1) is 5.92 Å². The monoisotopic (exact) mass is 486 g/mol. The van der Waals surface area contributed by atoms with Crippen molar-refractivity contribution in [3.05, 3.63) is 35.9 Å². The lowest BCUT2D eigenvalue weighted by Gasteiger charge is -2.12. The minimum atomic E-state index is -0.641. The Kier molecular flexibility index (Phi) is 22.1. The summed E-state index contributed by atoms with van der Waals surface area (Å²) >= 11 is 0. The molecule has 1 rings (SSSR count). The number of aliphatic carboxylic acids is 1. The molecule has 0 radical (unpaired) electrons. The molecule has 1 aromatic rings. The summed E-state index contributed by atoms with van der Waals surface area (Å²) in [5, 5.41) is 9.51. The Labute approximate surface area is 218 Å². The average molecular weight is 487 g/mol. The highest BCUT2D eigenvalue weighted by molar-refractivity contribution is 5.70. The zero-order chi connectivity index (χ0) is 25.2. The molecule has 0 amide bonds. The van der Waals surface area contributed by atoms with E-state index in [1.807, 2.05) is 30.3 Å². The van der Waals surface area contributed by atoms with E-state index in [9.17, 15) is 9.90 Å². The van der Waals surface area contributed by atoms with Crippen molar-refractivity contribution in [2.45, 2.75) is 161 Å². The third-order valence-electron chi connectivity index (χ3n) is 7.58. The molecule has 2 nitrogen and oxygen atoms in total. The number of rotatable bonds is 26. The lowest BCUT2D eigenvalue weighted by molar-refractivity contribution is -0.142. The SMILES string of the molecule is CCCCCCCCCCCCCCCCCCCCCCCCC(Cc1ccccc1)C(=O)O. The van der Waals surface area contributed by atoms with Crippen LogP contribution in [0.1, 0.15) is 160 Å². The van der Waals surface area contributed by atoms with Gasteiger partial charge in [-0.05, 0) is 18.4 Å². The van der Waals surface area contributed by atoms with Gasteiger partial charge in [0.2, 0.25) is 0 Å². The van der Waals surface area contributed by atoms with Gasteiger partial charge < -0.3 is 5.11 Å². The zero-order valence-electron chi connectivity index (χ0n) is 23.3. The first-order valence-corrected chi connectivity index (χ1v) is 15.5. The number of carboxylic acids is 1. The molecular weight excluding hydrogens is 428 g/mol. The Balaban J connectivity index is 1.78. The molecule has 0 aliphatic carbocycles. The van der Waals surface area contributed by atoms with Crippen LogP contribution in [0.5, 0.6) is 0 Å². The Morgan fingerprint density at radius 1 is 0.571 bits per heavy atom. The van der Waals surface area contributed by atoms with Crippen molar-refractivity contribution in [3.8, 4) is 0 Å². The van der Waals surface area contributed by atoms with Crippen LogP contribution in [0.25, 0.3) is 0 Å². The molecule has 1 N–H and O–H groups in total. The van der Waals surface area contributed by atoms with E-state index in [0.717, 1.165) is 18.4 Å². The molecule has 1 aromatic carbocycles. The van der Waals surface area contributed by atoms with E-state index in [4.69, 9.17) is 0 Å². The summed E-state index contributed by atoms with van der Waals surface area (Å²) in [6.07, 6.45) is 32.0. The minimum absolute atomic E-state index is 0.234. The van der Waals surface area contributed by atoms with Gasteiger partial charge in [-0.1, -0.05) is 179 Å². The highest BCUT2D eigenvalue weighted by Crippen LogP contribution is 2.18. The molecule has 0 bridgehead atoms. The van der Waals surface area contributed by atoms with Crippen LogP contribution < -0.4 is 0 Å². The van der Waals surface area contributed by atoms with Crippen LogP contribution in [0.15, 0.2) is 30.3 Å². The topological polar surface area (TPSA) is 37.3 Å². The van der Waals surface area contributed by atoms with E-state index in [0.29, 0.717) is 6.42 Å².